The minimum atomic E-state index is -0.198. The molecule has 0 aromatic heterocycles. The van der Waals surface area contributed by atoms with E-state index in [1.165, 1.54) is 44.9 Å². The Balaban J connectivity index is 1.27. The van der Waals surface area contributed by atoms with E-state index in [0.717, 1.165) is 64.1 Å². The second-order valence-electron chi connectivity index (χ2n) is 13.5. The maximum atomic E-state index is 12.2. The fourth-order valence-corrected chi connectivity index (χ4v) is 10.3. The third-order valence-electron chi connectivity index (χ3n) is 12.0. The minimum Gasteiger partial charge on any atom is -0.460 e. The Morgan fingerprint density at radius 2 is 1.63 bits per heavy atom. The maximum Gasteiger partial charge on any atom is 0.302 e. The number of fused-ring (bicyclic) bond motifs is 5. The van der Waals surface area contributed by atoms with Gasteiger partial charge >= 0.3 is 5.97 Å². The maximum absolute atomic E-state index is 12.2. The number of hydrogen-bond acceptors (Lipinski definition) is 6. The van der Waals surface area contributed by atoms with Gasteiger partial charge in [-0.1, -0.05) is 13.8 Å². The summed E-state index contributed by atoms with van der Waals surface area (Å²) in [7, 11) is 0. The molecule has 4 aliphatic carbocycles. The van der Waals surface area contributed by atoms with Crippen molar-refractivity contribution in [3.05, 3.63) is 0 Å². The summed E-state index contributed by atoms with van der Waals surface area (Å²) in [5.74, 6) is 2.63. The summed E-state index contributed by atoms with van der Waals surface area (Å²) in [4.78, 5) is 17.4. The lowest BCUT2D eigenvalue weighted by Gasteiger charge is -2.62. The summed E-state index contributed by atoms with van der Waals surface area (Å²) in [6.07, 6.45) is 10.7. The number of aliphatic hydroxyl groups excluding tert-OH is 1. The number of likely N-dealkylation sites (tertiary alicyclic amines) is 1. The Morgan fingerprint density at radius 1 is 0.914 bits per heavy atom. The van der Waals surface area contributed by atoms with Crippen LogP contribution in [0.4, 0.5) is 0 Å². The van der Waals surface area contributed by atoms with Crippen LogP contribution in [0.25, 0.3) is 0 Å². The second kappa shape index (κ2) is 9.25. The number of carbonyl (C=O) groups is 1. The smallest absolute Gasteiger partial charge is 0.302 e. The van der Waals surface area contributed by atoms with Gasteiger partial charge in [0.05, 0.1) is 19.3 Å². The molecule has 2 saturated heterocycles. The summed E-state index contributed by atoms with van der Waals surface area (Å²) in [6.45, 7) is 12.5. The Morgan fingerprint density at radius 3 is 2.34 bits per heavy atom. The fourth-order valence-electron chi connectivity index (χ4n) is 10.3. The number of morpholine rings is 1. The van der Waals surface area contributed by atoms with Crippen molar-refractivity contribution in [1.82, 2.24) is 9.80 Å². The van der Waals surface area contributed by atoms with Crippen LogP contribution in [0.3, 0.4) is 0 Å². The van der Waals surface area contributed by atoms with Crippen molar-refractivity contribution in [3.63, 3.8) is 0 Å². The summed E-state index contributed by atoms with van der Waals surface area (Å²) in [6, 6.07) is 0.678. The summed E-state index contributed by atoms with van der Waals surface area (Å²) in [5.41, 5.74) is 0.399. The SMILES string of the molecule is CC(=O)O[C@H]1[C@@H](N2CCCC2)C[C@@H]2[C@@H]3CC[C@H]4C[C@H](O)[C@@H](N5CCOCC5)C[C@]4(C)[C@@H]3CC[C@@]21C. The summed E-state index contributed by atoms with van der Waals surface area (Å²) >= 11 is 0. The average molecular weight is 489 g/mol. The molecule has 198 valence electrons. The van der Waals surface area contributed by atoms with Crippen molar-refractivity contribution in [2.75, 3.05) is 39.4 Å². The number of hydrogen-bond donors (Lipinski definition) is 1. The molecule has 0 bridgehead atoms. The van der Waals surface area contributed by atoms with E-state index in [0.29, 0.717) is 23.3 Å². The largest absolute Gasteiger partial charge is 0.460 e. The number of esters is 1. The van der Waals surface area contributed by atoms with Crippen molar-refractivity contribution >= 4 is 5.97 Å². The molecule has 6 heteroatoms. The first-order valence-corrected chi connectivity index (χ1v) is 14.7. The van der Waals surface area contributed by atoms with E-state index < -0.39 is 0 Å². The van der Waals surface area contributed by atoms with Gasteiger partial charge < -0.3 is 14.6 Å². The highest BCUT2D eigenvalue weighted by Crippen LogP contribution is 2.67. The van der Waals surface area contributed by atoms with Crippen molar-refractivity contribution in [2.24, 2.45) is 34.5 Å². The van der Waals surface area contributed by atoms with Crippen LogP contribution in [-0.2, 0) is 14.3 Å². The first-order chi connectivity index (χ1) is 16.8. The molecule has 2 heterocycles. The third-order valence-corrected chi connectivity index (χ3v) is 12.0. The van der Waals surface area contributed by atoms with E-state index >= 15 is 0 Å². The standard InChI is InChI=1S/C29H48N2O4/c1-19(32)35-27-24(30-10-4-5-11-30)17-23-21-7-6-20-16-26(33)25(31-12-14-34-15-13-31)18-29(20,3)22(21)8-9-28(23,27)2/h20-27,33H,4-18H2,1-3H3/t20-,21+,22+,23+,24-,25-,26-,27-,28-,29-/m0/s1. The molecule has 0 amide bonds. The van der Waals surface area contributed by atoms with E-state index in [-0.39, 0.29) is 29.6 Å². The number of rotatable bonds is 3. The molecule has 6 aliphatic rings. The second-order valence-corrected chi connectivity index (χ2v) is 13.5. The lowest BCUT2D eigenvalue weighted by atomic mass is 9.44. The molecule has 0 aromatic carbocycles. The first-order valence-electron chi connectivity index (χ1n) is 14.7. The lowest BCUT2D eigenvalue weighted by Crippen LogP contribution is -2.61. The average Bonchev–Trinajstić information content (AvgIpc) is 3.46. The molecule has 0 radical (unpaired) electrons. The molecule has 6 rings (SSSR count). The van der Waals surface area contributed by atoms with Gasteiger partial charge in [0.15, 0.2) is 0 Å². The molecular formula is C29H48N2O4. The van der Waals surface area contributed by atoms with Gasteiger partial charge in [-0.15, -0.1) is 0 Å². The van der Waals surface area contributed by atoms with Gasteiger partial charge in [-0.3, -0.25) is 14.6 Å². The molecule has 0 aromatic rings. The predicted molar refractivity (Wildman–Crippen MR) is 135 cm³/mol. The molecule has 35 heavy (non-hydrogen) atoms. The molecule has 6 nitrogen and oxygen atoms in total. The highest BCUT2D eigenvalue weighted by molar-refractivity contribution is 5.66. The molecule has 0 spiro atoms. The van der Waals surface area contributed by atoms with Crippen molar-refractivity contribution in [1.29, 1.82) is 0 Å². The van der Waals surface area contributed by atoms with E-state index in [2.05, 4.69) is 23.6 Å². The minimum absolute atomic E-state index is 0.0452. The third kappa shape index (κ3) is 4.00. The molecule has 4 saturated carbocycles. The molecule has 10 atom stereocenters. The highest BCUT2D eigenvalue weighted by Gasteiger charge is 2.65. The highest BCUT2D eigenvalue weighted by atomic mass is 16.5. The van der Waals surface area contributed by atoms with E-state index in [1.807, 2.05) is 0 Å². The van der Waals surface area contributed by atoms with Gasteiger partial charge in [-0.05, 0) is 100.0 Å². The van der Waals surface area contributed by atoms with Gasteiger partial charge in [0, 0.05) is 37.5 Å². The Kier molecular flexibility index (Phi) is 6.51. The number of nitrogens with zero attached hydrogens (tertiary/aromatic N) is 2. The quantitative estimate of drug-likeness (QED) is 0.611. The van der Waals surface area contributed by atoms with Crippen molar-refractivity contribution in [3.8, 4) is 0 Å². The summed E-state index contributed by atoms with van der Waals surface area (Å²) < 4.78 is 11.8. The van der Waals surface area contributed by atoms with E-state index in [4.69, 9.17) is 9.47 Å². The Hall–Kier alpha value is -0.690. The van der Waals surface area contributed by atoms with E-state index in [9.17, 15) is 9.90 Å². The zero-order valence-corrected chi connectivity index (χ0v) is 22.3. The van der Waals surface area contributed by atoms with Crippen LogP contribution < -0.4 is 0 Å². The van der Waals surface area contributed by atoms with Crippen LogP contribution in [0.15, 0.2) is 0 Å². The first kappa shape index (κ1) is 24.6. The Bertz CT molecular complexity index is 796. The van der Waals surface area contributed by atoms with Gasteiger partial charge in [0.25, 0.3) is 0 Å². The van der Waals surface area contributed by atoms with Crippen LogP contribution >= 0.6 is 0 Å². The van der Waals surface area contributed by atoms with Gasteiger partial charge in [0.2, 0.25) is 0 Å². The molecule has 1 N–H and O–H groups in total. The lowest BCUT2D eigenvalue weighted by molar-refractivity contribution is -0.172. The van der Waals surface area contributed by atoms with Crippen LogP contribution in [0.2, 0.25) is 0 Å². The number of carbonyl (C=O) groups excluding carboxylic acids is 1. The van der Waals surface area contributed by atoms with Crippen LogP contribution in [0, 0.1) is 34.5 Å². The van der Waals surface area contributed by atoms with Crippen LogP contribution in [0.5, 0.6) is 0 Å². The monoisotopic (exact) mass is 488 g/mol. The fraction of sp³-hybridized carbons (Fsp3) is 0.966. The normalized spacial score (nSPS) is 50.9. The van der Waals surface area contributed by atoms with Gasteiger partial charge in [-0.25, -0.2) is 0 Å². The van der Waals surface area contributed by atoms with Crippen molar-refractivity contribution < 1.29 is 19.4 Å². The Labute approximate surface area is 212 Å². The van der Waals surface area contributed by atoms with Crippen molar-refractivity contribution in [2.45, 2.75) is 103 Å². The zero-order chi connectivity index (χ0) is 24.4. The van der Waals surface area contributed by atoms with Crippen LogP contribution in [-0.4, -0.2) is 84.6 Å². The number of aliphatic hydroxyl groups is 1. The summed E-state index contributed by atoms with van der Waals surface area (Å²) in [5, 5.41) is 11.2. The molecule has 2 aliphatic heterocycles. The zero-order valence-electron chi connectivity index (χ0n) is 22.3. The number of ether oxygens (including phenoxy) is 2. The predicted octanol–water partition coefficient (Wildman–Crippen LogP) is 3.71. The van der Waals surface area contributed by atoms with E-state index in [1.54, 1.807) is 6.92 Å². The molecule has 6 fully saturated rings. The molecule has 0 unspecified atom stereocenters. The van der Waals surface area contributed by atoms with Gasteiger partial charge in [0.1, 0.15) is 6.10 Å². The molecular weight excluding hydrogens is 440 g/mol. The van der Waals surface area contributed by atoms with Gasteiger partial charge in [-0.2, -0.15) is 0 Å². The topological polar surface area (TPSA) is 62.2 Å². The van der Waals surface area contributed by atoms with Crippen LogP contribution in [0.1, 0.15) is 78.6 Å².